The van der Waals surface area contributed by atoms with Gasteiger partial charge in [0.05, 0.1) is 0 Å². The van der Waals surface area contributed by atoms with Crippen molar-refractivity contribution in [1.29, 1.82) is 0 Å². The van der Waals surface area contributed by atoms with Crippen LogP contribution in [0.15, 0.2) is 4.99 Å². The molecule has 0 aromatic rings. The third kappa shape index (κ3) is 13.5. The Morgan fingerprint density at radius 2 is 1.67 bits per heavy atom. The zero-order chi connectivity index (χ0) is 18.6. The van der Waals surface area contributed by atoms with Crippen LogP contribution in [0.3, 0.4) is 0 Å². The summed E-state index contributed by atoms with van der Waals surface area (Å²) in [6, 6.07) is 0. The molecular weight excluding hydrogens is 322 g/mol. The third-order valence-corrected chi connectivity index (χ3v) is 4.73. The molecule has 2 N–H and O–H groups in total. The molecule has 0 fully saturated rings. The van der Waals surface area contributed by atoms with E-state index in [2.05, 4.69) is 35.7 Å². The second-order valence-electron chi connectivity index (χ2n) is 7.57. The van der Waals surface area contributed by atoms with Gasteiger partial charge in [-0.05, 0) is 53.7 Å². The van der Waals surface area contributed by atoms with Gasteiger partial charge in [0.15, 0.2) is 5.96 Å². The van der Waals surface area contributed by atoms with Crippen molar-refractivity contribution in [2.75, 3.05) is 26.4 Å². The summed E-state index contributed by atoms with van der Waals surface area (Å²) >= 11 is 1.84. The van der Waals surface area contributed by atoms with Crippen molar-refractivity contribution >= 4 is 23.7 Å². The third-order valence-electron chi connectivity index (χ3n) is 3.48. The van der Waals surface area contributed by atoms with Crippen LogP contribution in [-0.2, 0) is 9.53 Å². The fraction of sp³-hybridized carbons (Fsp3) is 0.889. The average molecular weight is 360 g/mol. The Morgan fingerprint density at radius 3 is 2.21 bits per heavy atom. The highest BCUT2D eigenvalue weighted by Gasteiger charge is 2.16. The number of hydrogen-bond acceptors (Lipinski definition) is 4. The fourth-order valence-corrected chi connectivity index (χ4v) is 2.15. The zero-order valence-corrected chi connectivity index (χ0v) is 17.4. The number of aliphatic imine (C=N–C) groups is 1. The summed E-state index contributed by atoms with van der Waals surface area (Å²) in [6.45, 7) is 11.9. The maximum absolute atomic E-state index is 11.6. The first-order chi connectivity index (χ1) is 11.1. The molecule has 0 aliphatic carbocycles. The van der Waals surface area contributed by atoms with Gasteiger partial charge in [0.25, 0.3) is 0 Å². The van der Waals surface area contributed by atoms with E-state index in [1.165, 1.54) is 0 Å². The lowest BCUT2D eigenvalue weighted by Gasteiger charge is -2.23. The van der Waals surface area contributed by atoms with Crippen molar-refractivity contribution in [2.45, 2.75) is 77.1 Å². The van der Waals surface area contributed by atoms with E-state index in [1.54, 1.807) is 7.05 Å². The summed E-state index contributed by atoms with van der Waals surface area (Å²) in [4.78, 5) is 15.8. The Hall–Kier alpha value is -0.910. The molecule has 0 radical (unpaired) electrons. The summed E-state index contributed by atoms with van der Waals surface area (Å²) in [5.41, 5.74) is -0.380. The smallest absolute Gasteiger partial charge is 0.306 e. The van der Waals surface area contributed by atoms with E-state index < -0.39 is 0 Å². The van der Waals surface area contributed by atoms with Crippen molar-refractivity contribution in [3.05, 3.63) is 0 Å². The lowest BCUT2D eigenvalue weighted by Crippen LogP contribution is -2.43. The minimum atomic E-state index is -0.380. The second kappa shape index (κ2) is 11.6. The van der Waals surface area contributed by atoms with Crippen LogP contribution in [0.25, 0.3) is 0 Å². The van der Waals surface area contributed by atoms with E-state index in [-0.39, 0.29) is 16.3 Å². The van der Waals surface area contributed by atoms with Crippen molar-refractivity contribution < 1.29 is 9.53 Å². The number of esters is 1. The highest BCUT2D eigenvalue weighted by atomic mass is 32.2. The first-order valence-electron chi connectivity index (χ1n) is 8.81. The molecule has 0 spiro atoms. The molecule has 0 saturated carbocycles. The topological polar surface area (TPSA) is 62.7 Å². The maximum Gasteiger partial charge on any atom is 0.306 e. The quantitative estimate of drug-likeness (QED) is 0.270. The molecule has 0 unspecified atom stereocenters. The number of thioether (sulfide) groups is 1. The van der Waals surface area contributed by atoms with E-state index in [0.29, 0.717) is 6.42 Å². The van der Waals surface area contributed by atoms with E-state index in [0.717, 1.165) is 44.7 Å². The highest BCUT2D eigenvalue weighted by molar-refractivity contribution is 7.99. The Kier molecular flexibility index (Phi) is 11.2. The molecule has 0 aromatic heterocycles. The number of ether oxygens (including phenoxy) is 1. The Labute approximate surface area is 152 Å². The van der Waals surface area contributed by atoms with Gasteiger partial charge in [0, 0.05) is 31.3 Å². The van der Waals surface area contributed by atoms with Gasteiger partial charge in [-0.25, -0.2) is 0 Å². The molecule has 0 rings (SSSR count). The summed E-state index contributed by atoms with van der Waals surface area (Å²) in [6.07, 6.45) is 6.74. The van der Waals surface area contributed by atoms with Gasteiger partial charge in [-0.1, -0.05) is 12.8 Å². The Balaban J connectivity index is 3.69. The van der Waals surface area contributed by atoms with Gasteiger partial charge in [0.2, 0.25) is 0 Å². The van der Waals surface area contributed by atoms with Crippen LogP contribution in [0.2, 0.25) is 0 Å². The molecule has 0 bridgehead atoms. The molecule has 142 valence electrons. The predicted molar refractivity (Wildman–Crippen MR) is 106 cm³/mol. The van der Waals surface area contributed by atoms with E-state index in [4.69, 9.17) is 4.74 Å². The first kappa shape index (κ1) is 23.1. The van der Waals surface area contributed by atoms with Gasteiger partial charge in [-0.15, -0.1) is 0 Å². The number of nitrogens with zero attached hydrogens (tertiary/aromatic N) is 1. The standard InChI is InChI=1S/C18H37N3O2S/c1-17(2,3)23-15(22)12-10-8-9-11-13-20-16(19-6)21-14-18(4,5)24-7/h8-14H2,1-7H3,(H2,19,20,21). The number of nitrogens with one attached hydrogen (secondary N) is 2. The van der Waals surface area contributed by atoms with Crippen LogP contribution in [0.5, 0.6) is 0 Å². The fourth-order valence-electron chi connectivity index (χ4n) is 1.94. The van der Waals surface area contributed by atoms with Gasteiger partial charge >= 0.3 is 5.97 Å². The second-order valence-corrected chi connectivity index (χ2v) is 9.08. The van der Waals surface area contributed by atoms with Crippen LogP contribution >= 0.6 is 11.8 Å². The number of carbonyl (C=O) groups excluding carboxylic acids is 1. The van der Waals surface area contributed by atoms with E-state index in [9.17, 15) is 4.79 Å². The van der Waals surface area contributed by atoms with Crippen LogP contribution in [0.4, 0.5) is 0 Å². The van der Waals surface area contributed by atoms with Gasteiger partial charge in [-0.3, -0.25) is 9.79 Å². The molecule has 0 aliphatic rings. The molecule has 5 nitrogen and oxygen atoms in total. The lowest BCUT2D eigenvalue weighted by atomic mass is 10.1. The Bertz CT molecular complexity index is 390. The summed E-state index contributed by atoms with van der Waals surface area (Å²) in [5, 5.41) is 6.69. The average Bonchev–Trinajstić information content (AvgIpc) is 2.47. The van der Waals surface area contributed by atoms with Crippen LogP contribution in [-0.4, -0.2) is 48.7 Å². The SMILES string of the molecule is CN=C(NCCCCCCC(=O)OC(C)(C)C)NCC(C)(C)SC. The monoisotopic (exact) mass is 359 g/mol. The van der Waals surface area contributed by atoms with Crippen LogP contribution < -0.4 is 10.6 Å². The largest absolute Gasteiger partial charge is 0.460 e. The van der Waals surface area contributed by atoms with Crippen molar-refractivity contribution in [3.63, 3.8) is 0 Å². The zero-order valence-electron chi connectivity index (χ0n) is 16.6. The molecule has 0 aromatic carbocycles. The van der Waals surface area contributed by atoms with Crippen LogP contribution in [0.1, 0.15) is 66.7 Å². The molecule has 0 atom stereocenters. The highest BCUT2D eigenvalue weighted by Crippen LogP contribution is 2.19. The maximum atomic E-state index is 11.6. The van der Waals surface area contributed by atoms with Crippen molar-refractivity contribution in [2.24, 2.45) is 4.99 Å². The number of rotatable bonds is 10. The summed E-state index contributed by atoms with van der Waals surface area (Å²) in [7, 11) is 1.79. The number of hydrogen-bond donors (Lipinski definition) is 2. The van der Waals surface area contributed by atoms with Crippen molar-refractivity contribution in [3.8, 4) is 0 Å². The molecular formula is C18H37N3O2S. The molecule has 0 saturated heterocycles. The number of guanidine groups is 1. The summed E-state index contributed by atoms with van der Waals surface area (Å²) < 4.78 is 5.49. The molecule has 0 amide bonds. The normalized spacial score (nSPS) is 12.9. The number of carbonyl (C=O) groups is 1. The minimum Gasteiger partial charge on any atom is -0.460 e. The molecule has 6 heteroatoms. The Morgan fingerprint density at radius 1 is 1.04 bits per heavy atom. The van der Waals surface area contributed by atoms with Gasteiger partial charge in [-0.2, -0.15) is 11.8 Å². The van der Waals surface area contributed by atoms with E-state index >= 15 is 0 Å². The number of unbranched alkanes of at least 4 members (excludes halogenated alkanes) is 3. The van der Waals surface area contributed by atoms with Gasteiger partial charge < -0.3 is 15.4 Å². The predicted octanol–water partition coefficient (Wildman–Crippen LogP) is 3.59. The summed E-state index contributed by atoms with van der Waals surface area (Å²) in [5.74, 6) is 0.757. The first-order valence-corrected chi connectivity index (χ1v) is 10.0. The van der Waals surface area contributed by atoms with Gasteiger partial charge in [0.1, 0.15) is 5.60 Å². The molecule has 0 aliphatic heterocycles. The van der Waals surface area contributed by atoms with Crippen LogP contribution in [0, 0.1) is 0 Å². The minimum absolute atomic E-state index is 0.0957. The van der Waals surface area contributed by atoms with Crippen molar-refractivity contribution in [1.82, 2.24) is 10.6 Å². The molecule has 0 heterocycles. The van der Waals surface area contributed by atoms with E-state index in [1.807, 2.05) is 32.5 Å². The lowest BCUT2D eigenvalue weighted by molar-refractivity contribution is -0.154. The molecule has 24 heavy (non-hydrogen) atoms.